The first-order valence-corrected chi connectivity index (χ1v) is 10.6. The van der Waals surface area contributed by atoms with Gasteiger partial charge in [0.15, 0.2) is 6.61 Å². The van der Waals surface area contributed by atoms with Crippen molar-refractivity contribution in [3.63, 3.8) is 0 Å². The van der Waals surface area contributed by atoms with Crippen LogP contribution in [0.1, 0.15) is 18.1 Å². The SMILES string of the molecule is CNC(=O)[C@@H](C)N(Cc1ccc(C)cc1)C(=O)COc1ccc2ccccc2c1Br. The van der Waals surface area contributed by atoms with Gasteiger partial charge in [-0.15, -0.1) is 0 Å². The number of ether oxygens (including phenoxy) is 1. The van der Waals surface area contributed by atoms with Crippen molar-refractivity contribution in [1.82, 2.24) is 10.2 Å². The van der Waals surface area contributed by atoms with Crippen molar-refractivity contribution in [3.05, 3.63) is 76.3 Å². The van der Waals surface area contributed by atoms with Crippen LogP contribution in [0.25, 0.3) is 10.8 Å². The van der Waals surface area contributed by atoms with Gasteiger partial charge in [0, 0.05) is 13.6 Å². The molecule has 1 N–H and O–H groups in total. The van der Waals surface area contributed by atoms with E-state index < -0.39 is 6.04 Å². The minimum atomic E-state index is -0.618. The highest BCUT2D eigenvalue weighted by atomic mass is 79.9. The zero-order chi connectivity index (χ0) is 21.7. The second kappa shape index (κ2) is 9.76. The van der Waals surface area contributed by atoms with Crippen molar-refractivity contribution < 1.29 is 14.3 Å². The molecule has 0 aliphatic carbocycles. The number of halogens is 1. The molecule has 3 aromatic carbocycles. The van der Waals surface area contributed by atoms with Crippen LogP contribution in [0.2, 0.25) is 0 Å². The molecule has 30 heavy (non-hydrogen) atoms. The van der Waals surface area contributed by atoms with Crippen molar-refractivity contribution in [2.75, 3.05) is 13.7 Å². The molecule has 0 spiro atoms. The second-order valence-corrected chi connectivity index (χ2v) is 7.98. The number of carbonyl (C=O) groups excluding carboxylic acids is 2. The van der Waals surface area contributed by atoms with Crippen molar-refractivity contribution in [1.29, 1.82) is 0 Å². The lowest BCUT2D eigenvalue weighted by Gasteiger charge is -2.28. The highest BCUT2D eigenvalue weighted by molar-refractivity contribution is 9.10. The maximum absolute atomic E-state index is 13.0. The Labute approximate surface area is 185 Å². The number of rotatable bonds is 7. The van der Waals surface area contributed by atoms with E-state index in [-0.39, 0.29) is 18.4 Å². The Hall–Kier alpha value is -2.86. The van der Waals surface area contributed by atoms with Gasteiger partial charge in [0.05, 0.1) is 4.47 Å². The Kier molecular flexibility index (Phi) is 7.11. The Morgan fingerprint density at radius 3 is 2.47 bits per heavy atom. The smallest absolute Gasteiger partial charge is 0.261 e. The van der Waals surface area contributed by atoms with Crippen LogP contribution in [-0.4, -0.2) is 36.4 Å². The van der Waals surface area contributed by atoms with E-state index in [0.29, 0.717) is 12.3 Å². The standard InChI is InChI=1S/C24H25BrN2O3/c1-16-8-10-18(11-9-16)14-27(17(2)24(29)26-3)22(28)15-30-21-13-12-19-6-4-5-7-20(19)23(21)25/h4-13,17H,14-15H2,1-3H3,(H,26,29)/t17-/m1/s1. The van der Waals surface area contributed by atoms with E-state index in [4.69, 9.17) is 4.74 Å². The number of likely N-dealkylation sites (N-methyl/N-ethyl adjacent to an activating group) is 1. The fraction of sp³-hybridized carbons (Fsp3) is 0.250. The molecule has 0 heterocycles. The van der Waals surface area contributed by atoms with Gasteiger partial charge in [-0.2, -0.15) is 0 Å². The average Bonchev–Trinajstić information content (AvgIpc) is 2.77. The van der Waals surface area contributed by atoms with Crippen molar-refractivity contribution in [3.8, 4) is 5.75 Å². The summed E-state index contributed by atoms with van der Waals surface area (Å²) in [5.74, 6) is 0.110. The summed E-state index contributed by atoms with van der Waals surface area (Å²) in [7, 11) is 1.57. The van der Waals surface area contributed by atoms with Crippen LogP contribution < -0.4 is 10.1 Å². The molecule has 0 saturated carbocycles. The Bertz CT molecular complexity index is 1050. The third-order valence-corrected chi connectivity index (χ3v) is 5.88. The predicted molar refractivity (Wildman–Crippen MR) is 122 cm³/mol. The zero-order valence-electron chi connectivity index (χ0n) is 17.3. The molecule has 0 aromatic heterocycles. The highest BCUT2D eigenvalue weighted by Gasteiger charge is 2.26. The fourth-order valence-electron chi connectivity index (χ4n) is 3.23. The summed E-state index contributed by atoms with van der Waals surface area (Å²) in [6.45, 7) is 3.89. The van der Waals surface area contributed by atoms with Gasteiger partial charge < -0.3 is 15.0 Å². The van der Waals surface area contributed by atoms with Crippen LogP contribution in [0.4, 0.5) is 0 Å². The molecule has 0 aliphatic rings. The lowest BCUT2D eigenvalue weighted by Crippen LogP contribution is -2.48. The lowest BCUT2D eigenvalue weighted by molar-refractivity contribution is -0.142. The van der Waals surface area contributed by atoms with Gasteiger partial charge in [-0.3, -0.25) is 9.59 Å². The minimum absolute atomic E-state index is 0.163. The first kappa shape index (κ1) is 21.8. The van der Waals surface area contributed by atoms with Crippen LogP contribution in [0, 0.1) is 6.92 Å². The summed E-state index contributed by atoms with van der Waals surface area (Å²) in [5.41, 5.74) is 2.09. The summed E-state index contributed by atoms with van der Waals surface area (Å²) >= 11 is 3.58. The summed E-state index contributed by atoms with van der Waals surface area (Å²) in [6.07, 6.45) is 0. The number of fused-ring (bicyclic) bond motifs is 1. The Balaban J connectivity index is 1.78. The molecule has 0 bridgehead atoms. The van der Waals surface area contributed by atoms with Gasteiger partial charge >= 0.3 is 0 Å². The lowest BCUT2D eigenvalue weighted by atomic mass is 10.1. The van der Waals surface area contributed by atoms with E-state index in [2.05, 4.69) is 21.2 Å². The number of nitrogens with one attached hydrogen (secondary N) is 1. The van der Waals surface area contributed by atoms with Crippen LogP contribution in [0.3, 0.4) is 0 Å². The molecule has 0 unspecified atom stereocenters. The normalized spacial score (nSPS) is 11.7. The first-order valence-electron chi connectivity index (χ1n) is 9.77. The summed E-state index contributed by atoms with van der Waals surface area (Å²) in [4.78, 5) is 26.8. The van der Waals surface area contributed by atoms with E-state index in [0.717, 1.165) is 26.4 Å². The van der Waals surface area contributed by atoms with E-state index in [9.17, 15) is 9.59 Å². The fourth-order valence-corrected chi connectivity index (χ4v) is 3.84. The summed E-state index contributed by atoms with van der Waals surface area (Å²) < 4.78 is 6.64. The van der Waals surface area contributed by atoms with Crippen LogP contribution in [0.15, 0.2) is 65.1 Å². The van der Waals surface area contributed by atoms with Gasteiger partial charge in [0.1, 0.15) is 11.8 Å². The number of carbonyl (C=O) groups is 2. The largest absolute Gasteiger partial charge is 0.483 e. The van der Waals surface area contributed by atoms with Gasteiger partial charge in [-0.1, -0.05) is 60.2 Å². The van der Waals surface area contributed by atoms with E-state index >= 15 is 0 Å². The van der Waals surface area contributed by atoms with E-state index in [1.807, 2.05) is 67.6 Å². The Morgan fingerprint density at radius 2 is 1.77 bits per heavy atom. The molecule has 2 amide bonds. The van der Waals surface area contributed by atoms with Gasteiger partial charge in [-0.25, -0.2) is 0 Å². The van der Waals surface area contributed by atoms with Gasteiger partial charge in [-0.05, 0) is 52.2 Å². The molecule has 0 fully saturated rings. The topological polar surface area (TPSA) is 58.6 Å². The first-order chi connectivity index (χ1) is 14.4. The molecule has 1 atom stereocenters. The number of nitrogens with zero attached hydrogens (tertiary/aromatic N) is 1. The van der Waals surface area contributed by atoms with Gasteiger partial charge in [0.2, 0.25) is 5.91 Å². The molecule has 5 nitrogen and oxygen atoms in total. The molecular formula is C24H25BrN2O3. The molecule has 0 aliphatic heterocycles. The summed E-state index contributed by atoms with van der Waals surface area (Å²) in [6, 6.07) is 19.0. The molecule has 6 heteroatoms. The zero-order valence-corrected chi connectivity index (χ0v) is 18.9. The number of hydrogen-bond acceptors (Lipinski definition) is 3. The average molecular weight is 469 g/mol. The molecule has 3 rings (SSSR count). The molecule has 3 aromatic rings. The third-order valence-electron chi connectivity index (χ3n) is 5.07. The minimum Gasteiger partial charge on any atom is -0.483 e. The van der Waals surface area contributed by atoms with Crippen LogP contribution in [-0.2, 0) is 16.1 Å². The van der Waals surface area contributed by atoms with Crippen LogP contribution in [0.5, 0.6) is 5.75 Å². The Morgan fingerprint density at radius 1 is 1.07 bits per heavy atom. The number of benzene rings is 3. The molecule has 0 saturated heterocycles. The quantitative estimate of drug-likeness (QED) is 0.556. The number of aryl methyl sites for hydroxylation is 1. The van der Waals surface area contributed by atoms with E-state index in [1.165, 1.54) is 0 Å². The predicted octanol–water partition coefficient (Wildman–Crippen LogP) is 4.45. The third kappa shape index (κ3) is 5.00. The second-order valence-electron chi connectivity index (χ2n) is 7.18. The number of hydrogen-bond donors (Lipinski definition) is 1. The van der Waals surface area contributed by atoms with Gasteiger partial charge in [0.25, 0.3) is 5.91 Å². The highest BCUT2D eigenvalue weighted by Crippen LogP contribution is 2.33. The monoisotopic (exact) mass is 468 g/mol. The maximum atomic E-state index is 13.0. The van der Waals surface area contributed by atoms with Crippen molar-refractivity contribution in [2.24, 2.45) is 0 Å². The number of amides is 2. The maximum Gasteiger partial charge on any atom is 0.261 e. The van der Waals surface area contributed by atoms with E-state index in [1.54, 1.807) is 18.9 Å². The molecule has 156 valence electrons. The van der Waals surface area contributed by atoms with Crippen molar-refractivity contribution in [2.45, 2.75) is 26.4 Å². The summed E-state index contributed by atoms with van der Waals surface area (Å²) in [5, 5.41) is 4.71. The van der Waals surface area contributed by atoms with Crippen molar-refractivity contribution >= 4 is 38.5 Å². The molecule has 0 radical (unpaired) electrons. The molecular weight excluding hydrogens is 444 g/mol. The van der Waals surface area contributed by atoms with Crippen LogP contribution >= 0.6 is 15.9 Å².